The molecule has 1 aromatic carbocycles. The van der Waals surface area contributed by atoms with E-state index in [1.807, 2.05) is 29.3 Å². The summed E-state index contributed by atoms with van der Waals surface area (Å²) in [5.74, 6) is 0.339. The van der Waals surface area contributed by atoms with Gasteiger partial charge in [-0.3, -0.25) is 9.48 Å². The van der Waals surface area contributed by atoms with Crippen molar-refractivity contribution in [3.8, 4) is 0 Å². The Labute approximate surface area is 146 Å². The number of carbonyl (C=O) groups is 1. The van der Waals surface area contributed by atoms with Crippen LogP contribution in [-0.4, -0.2) is 38.8 Å². The maximum Gasteiger partial charge on any atom is 0.224 e. The van der Waals surface area contributed by atoms with Gasteiger partial charge in [-0.2, -0.15) is 5.10 Å². The summed E-state index contributed by atoms with van der Waals surface area (Å²) in [5, 5.41) is 15.3. The highest BCUT2D eigenvalue weighted by atomic mass is 35.5. The summed E-state index contributed by atoms with van der Waals surface area (Å²) in [5.41, 5.74) is 0.892. The van der Waals surface area contributed by atoms with Crippen molar-refractivity contribution in [2.75, 3.05) is 13.1 Å². The third-order valence-electron chi connectivity index (χ3n) is 4.66. The third-order valence-corrected chi connectivity index (χ3v) is 4.92. The second kappa shape index (κ2) is 7.81. The molecule has 1 fully saturated rings. The number of nitrogens with zero attached hydrogens (tertiary/aromatic N) is 3. The van der Waals surface area contributed by atoms with E-state index in [0.717, 1.165) is 18.4 Å². The number of aliphatic hydroxyl groups excluding tert-OH is 1. The molecule has 1 unspecified atom stereocenters. The van der Waals surface area contributed by atoms with Crippen LogP contribution in [0.2, 0.25) is 5.02 Å². The number of benzene rings is 1. The molecule has 1 N–H and O–H groups in total. The second-order valence-corrected chi connectivity index (χ2v) is 6.67. The van der Waals surface area contributed by atoms with Crippen LogP contribution < -0.4 is 0 Å². The molecule has 1 amide bonds. The van der Waals surface area contributed by atoms with Crippen LogP contribution in [0.4, 0.5) is 0 Å². The number of rotatable bonds is 5. The van der Waals surface area contributed by atoms with Crippen LogP contribution in [0, 0.1) is 5.92 Å². The van der Waals surface area contributed by atoms with Crippen LogP contribution in [0.1, 0.15) is 30.9 Å². The predicted molar refractivity (Wildman–Crippen MR) is 92.6 cm³/mol. The molecular formula is C18H22ClN3O2. The summed E-state index contributed by atoms with van der Waals surface area (Å²) >= 11 is 5.89. The minimum absolute atomic E-state index is 0.157. The number of halogens is 1. The molecular weight excluding hydrogens is 326 g/mol. The molecule has 5 nitrogen and oxygen atoms in total. The lowest BCUT2D eigenvalue weighted by atomic mass is 9.87. The van der Waals surface area contributed by atoms with Gasteiger partial charge in [-0.25, -0.2) is 0 Å². The van der Waals surface area contributed by atoms with Crippen molar-refractivity contribution in [3.05, 3.63) is 53.3 Å². The summed E-state index contributed by atoms with van der Waals surface area (Å²) in [6, 6.07) is 9.19. The van der Waals surface area contributed by atoms with Gasteiger partial charge in [-0.15, -0.1) is 0 Å². The summed E-state index contributed by atoms with van der Waals surface area (Å²) in [7, 11) is 0. The first-order chi connectivity index (χ1) is 11.6. The number of aryl methyl sites for hydroxylation is 1. The molecule has 0 bridgehead atoms. The lowest BCUT2D eigenvalue weighted by Crippen LogP contribution is -2.40. The molecule has 2 heterocycles. The molecule has 6 heteroatoms. The lowest BCUT2D eigenvalue weighted by molar-refractivity contribution is -0.133. The van der Waals surface area contributed by atoms with E-state index in [4.69, 9.17) is 11.6 Å². The van der Waals surface area contributed by atoms with E-state index in [2.05, 4.69) is 5.10 Å². The van der Waals surface area contributed by atoms with E-state index in [1.54, 1.807) is 23.0 Å². The number of hydrogen-bond donors (Lipinski definition) is 1. The maximum absolute atomic E-state index is 12.3. The van der Waals surface area contributed by atoms with Gasteiger partial charge in [0.05, 0.1) is 6.10 Å². The lowest BCUT2D eigenvalue weighted by Gasteiger charge is -2.34. The number of amides is 1. The first-order valence-corrected chi connectivity index (χ1v) is 8.70. The zero-order chi connectivity index (χ0) is 16.9. The van der Waals surface area contributed by atoms with Crippen LogP contribution in [0.15, 0.2) is 42.7 Å². The zero-order valence-corrected chi connectivity index (χ0v) is 14.3. The summed E-state index contributed by atoms with van der Waals surface area (Å²) in [4.78, 5) is 14.2. The Hall–Kier alpha value is -1.85. The van der Waals surface area contributed by atoms with Crippen LogP contribution in [-0.2, 0) is 11.3 Å². The van der Waals surface area contributed by atoms with Crippen LogP contribution >= 0.6 is 11.6 Å². The minimum Gasteiger partial charge on any atom is -0.388 e. The van der Waals surface area contributed by atoms with Gasteiger partial charge in [0.1, 0.15) is 0 Å². The smallest absolute Gasteiger partial charge is 0.224 e. The van der Waals surface area contributed by atoms with Crippen molar-refractivity contribution in [1.82, 2.24) is 14.7 Å². The van der Waals surface area contributed by atoms with E-state index in [0.29, 0.717) is 31.1 Å². The molecule has 0 spiro atoms. The zero-order valence-electron chi connectivity index (χ0n) is 13.5. The van der Waals surface area contributed by atoms with Gasteiger partial charge >= 0.3 is 0 Å². The van der Waals surface area contributed by atoms with E-state index in [9.17, 15) is 9.90 Å². The monoisotopic (exact) mass is 347 g/mol. The van der Waals surface area contributed by atoms with E-state index < -0.39 is 6.10 Å². The first kappa shape index (κ1) is 17.0. The van der Waals surface area contributed by atoms with Crippen molar-refractivity contribution in [3.63, 3.8) is 0 Å². The number of hydrogen-bond acceptors (Lipinski definition) is 3. The van der Waals surface area contributed by atoms with Crippen molar-refractivity contribution in [2.45, 2.75) is 31.9 Å². The topological polar surface area (TPSA) is 58.4 Å². The molecule has 1 atom stereocenters. The van der Waals surface area contributed by atoms with Gasteiger partial charge in [-0.05, 0) is 42.5 Å². The van der Waals surface area contributed by atoms with E-state index in [-0.39, 0.29) is 11.8 Å². The molecule has 1 saturated heterocycles. The van der Waals surface area contributed by atoms with Crippen molar-refractivity contribution in [2.24, 2.45) is 5.92 Å². The number of piperidine rings is 1. The number of aromatic nitrogens is 2. The highest BCUT2D eigenvalue weighted by molar-refractivity contribution is 6.30. The summed E-state index contributed by atoms with van der Waals surface area (Å²) in [6.07, 6.45) is 5.18. The largest absolute Gasteiger partial charge is 0.388 e. The van der Waals surface area contributed by atoms with Gasteiger partial charge in [0.25, 0.3) is 0 Å². The van der Waals surface area contributed by atoms with Crippen molar-refractivity contribution >= 4 is 17.5 Å². The first-order valence-electron chi connectivity index (χ1n) is 8.32. The third kappa shape index (κ3) is 4.16. The minimum atomic E-state index is -0.497. The molecule has 0 radical (unpaired) electrons. The van der Waals surface area contributed by atoms with Crippen molar-refractivity contribution in [1.29, 1.82) is 0 Å². The number of carbonyl (C=O) groups excluding carboxylic acids is 1. The van der Waals surface area contributed by atoms with Crippen LogP contribution in [0.5, 0.6) is 0 Å². The molecule has 128 valence electrons. The van der Waals surface area contributed by atoms with E-state index in [1.165, 1.54) is 0 Å². The average Bonchev–Trinajstić information content (AvgIpc) is 3.13. The molecule has 24 heavy (non-hydrogen) atoms. The van der Waals surface area contributed by atoms with Gasteiger partial charge in [0.2, 0.25) is 5.91 Å². The fourth-order valence-electron chi connectivity index (χ4n) is 3.20. The maximum atomic E-state index is 12.3. The Balaban J connectivity index is 1.48. The highest BCUT2D eigenvalue weighted by Crippen LogP contribution is 2.31. The fourth-order valence-corrected chi connectivity index (χ4v) is 3.32. The molecule has 1 aliphatic rings. The van der Waals surface area contributed by atoms with Crippen LogP contribution in [0.25, 0.3) is 0 Å². The van der Waals surface area contributed by atoms with Crippen molar-refractivity contribution < 1.29 is 9.90 Å². The molecule has 0 saturated carbocycles. The summed E-state index contributed by atoms with van der Waals surface area (Å²) < 4.78 is 1.77. The Morgan fingerprint density at radius 1 is 1.29 bits per heavy atom. The Morgan fingerprint density at radius 2 is 2.00 bits per heavy atom. The molecule has 3 rings (SSSR count). The van der Waals surface area contributed by atoms with E-state index >= 15 is 0 Å². The van der Waals surface area contributed by atoms with Gasteiger partial charge in [0.15, 0.2) is 0 Å². The summed E-state index contributed by atoms with van der Waals surface area (Å²) in [6.45, 7) is 2.01. The normalized spacial score (nSPS) is 17.0. The molecule has 2 aromatic rings. The fraction of sp³-hybridized carbons (Fsp3) is 0.444. The Bertz CT molecular complexity index is 649. The standard InChI is InChI=1S/C18H22ClN3O2/c19-16-4-2-14(3-5-16)18(24)15-6-11-21(12-7-15)17(23)8-13-22-10-1-9-20-22/h1-5,9-10,15,18,24H,6-8,11-13H2. The molecule has 1 aliphatic heterocycles. The van der Waals surface area contributed by atoms with Gasteiger partial charge in [0, 0.05) is 43.5 Å². The van der Waals surface area contributed by atoms with Gasteiger partial charge in [-0.1, -0.05) is 23.7 Å². The van der Waals surface area contributed by atoms with Gasteiger partial charge < -0.3 is 10.0 Å². The Morgan fingerprint density at radius 3 is 2.62 bits per heavy atom. The SMILES string of the molecule is O=C(CCn1cccn1)N1CCC(C(O)c2ccc(Cl)cc2)CC1. The number of aliphatic hydroxyl groups is 1. The highest BCUT2D eigenvalue weighted by Gasteiger charge is 2.28. The predicted octanol–water partition coefficient (Wildman–Crippen LogP) is 2.90. The Kier molecular flexibility index (Phi) is 5.53. The molecule has 0 aliphatic carbocycles. The average molecular weight is 348 g/mol. The quantitative estimate of drug-likeness (QED) is 0.904. The van der Waals surface area contributed by atoms with Crippen LogP contribution in [0.3, 0.4) is 0 Å². The second-order valence-electron chi connectivity index (χ2n) is 6.23. The molecule has 1 aromatic heterocycles. The number of likely N-dealkylation sites (tertiary alicyclic amines) is 1.